The molecule has 1 aliphatic rings. The van der Waals surface area contributed by atoms with Gasteiger partial charge in [0, 0.05) is 7.05 Å². The molecule has 0 unspecified atom stereocenters. The maximum absolute atomic E-state index is 13.8. The number of amides is 1. The maximum atomic E-state index is 13.8. The third kappa shape index (κ3) is 3.29. The average molecular weight is 348 g/mol. The van der Waals surface area contributed by atoms with Gasteiger partial charge in [-0.25, -0.2) is 9.37 Å². The molecule has 0 spiro atoms. The van der Waals surface area contributed by atoms with Gasteiger partial charge in [-0.2, -0.15) is 0 Å². The van der Waals surface area contributed by atoms with E-state index in [0.29, 0.717) is 5.56 Å². The zero-order valence-corrected chi connectivity index (χ0v) is 15.0. The van der Waals surface area contributed by atoms with Crippen LogP contribution in [-0.2, 0) is 17.6 Å². The highest BCUT2D eigenvalue weighted by Gasteiger charge is 2.29. The first-order valence-electron chi connectivity index (χ1n) is 8.04. The lowest BCUT2D eigenvalue weighted by atomic mass is 9.96. The second-order valence-electron chi connectivity index (χ2n) is 6.10. The number of halogens is 1. The summed E-state index contributed by atoms with van der Waals surface area (Å²) in [5, 5.41) is 1.05. The zero-order chi connectivity index (χ0) is 17.3. The second-order valence-corrected chi connectivity index (χ2v) is 7.34. The van der Waals surface area contributed by atoms with Gasteiger partial charge in [0.2, 0.25) is 5.91 Å². The van der Waals surface area contributed by atoms with Crippen molar-refractivity contribution in [1.29, 1.82) is 0 Å². The maximum Gasteiger partial charge on any atom is 0.227 e. The van der Waals surface area contributed by atoms with E-state index in [2.05, 4.69) is 4.98 Å². The first-order valence-corrected chi connectivity index (χ1v) is 8.85. The van der Waals surface area contributed by atoms with E-state index >= 15 is 0 Å². The molecule has 1 atom stereocenters. The van der Waals surface area contributed by atoms with E-state index in [9.17, 15) is 9.18 Å². The summed E-state index contributed by atoms with van der Waals surface area (Å²) in [5.74, 6) is -0.261. The molecule has 0 N–H and O–H groups in total. The smallest absolute Gasteiger partial charge is 0.227 e. The lowest BCUT2D eigenvalue weighted by molar-refractivity contribution is -0.131. The Morgan fingerprint density at radius 1 is 1.50 bits per heavy atom. The fourth-order valence-electron chi connectivity index (χ4n) is 3.18. The van der Waals surface area contributed by atoms with E-state index in [1.165, 1.54) is 18.1 Å². The summed E-state index contributed by atoms with van der Waals surface area (Å²) in [4.78, 5) is 20.2. The van der Waals surface area contributed by atoms with Crippen LogP contribution in [0.25, 0.3) is 0 Å². The molecule has 128 valence electrons. The summed E-state index contributed by atoms with van der Waals surface area (Å²) in [6.45, 7) is 2.00. The van der Waals surface area contributed by atoms with Crippen LogP contribution in [0.5, 0.6) is 5.75 Å². The Kier molecular flexibility index (Phi) is 4.85. The predicted molar refractivity (Wildman–Crippen MR) is 92.0 cm³/mol. The van der Waals surface area contributed by atoms with Crippen molar-refractivity contribution in [2.24, 2.45) is 0 Å². The topological polar surface area (TPSA) is 42.4 Å². The predicted octanol–water partition coefficient (Wildman–Crippen LogP) is 3.68. The Balaban J connectivity index is 1.75. The third-order valence-corrected chi connectivity index (χ3v) is 5.58. The molecular formula is C18H21FN2O2S. The van der Waals surface area contributed by atoms with Gasteiger partial charge in [-0.15, -0.1) is 11.3 Å². The van der Waals surface area contributed by atoms with E-state index in [-0.39, 0.29) is 24.1 Å². The number of aryl methyl sites for hydroxylation is 2. The fourth-order valence-corrected chi connectivity index (χ4v) is 4.33. The molecule has 1 aromatic heterocycles. The van der Waals surface area contributed by atoms with Gasteiger partial charge in [-0.05, 0) is 43.9 Å². The minimum atomic E-state index is -0.441. The second kappa shape index (κ2) is 6.89. The number of fused-ring (bicyclic) bond motifs is 1. The van der Waals surface area contributed by atoms with Crippen LogP contribution in [0.15, 0.2) is 18.2 Å². The number of nitrogens with zero attached hydrogens (tertiary/aromatic N) is 2. The number of aromatic nitrogens is 1. The molecule has 1 heterocycles. The van der Waals surface area contributed by atoms with Gasteiger partial charge in [0.15, 0.2) is 11.6 Å². The van der Waals surface area contributed by atoms with Gasteiger partial charge in [-0.1, -0.05) is 6.07 Å². The van der Waals surface area contributed by atoms with Crippen LogP contribution in [0.1, 0.15) is 40.0 Å². The number of methoxy groups -OCH3 is 1. The summed E-state index contributed by atoms with van der Waals surface area (Å²) in [7, 11) is 3.26. The largest absolute Gasteiger partial charge is 0.494 e. The molecule has 0 saturated heterocycles. The van der Waals surface area contributed by atoms with Crippen molar-refractivity contribution >= 4 is 17.2 Å². The zero-order valence-electron chi connectivity index (χ0n) is 14.1. The summed E-state index contributed by atoms with van der Waals surface area (Å²) < 4.78 is 18.7. The molecule has 0 radical (unpaired) electrons. The monoisotopic (exact) mass is 348 g/mol. The Bertz CT molecular complexity index is 759. The standard InChI is InChI=1S/C18H21FN2O2S/c1-11-20-14-5-4-6-15(18(14)24-11)21(2)17(22)10-12-7-8-16(23-3)13(19)9-12/h7-9,15H,4-6,10H2,1-3H3/t15-/m0/s1. The highest BCUT2D eigenvalue weighted by molar-refractivity contribution is 7.11. The van der Waals surface area contributed by atoms with E-state index in [0.717, 1.165) is 30.0 Å². The van der Waals surface area contributed by atoms with Crippen molar-refractivity contribution in [2.75, 3.05) is 14.2 Å². The molecule has 0 aliphatic heterocycles. The molecule has 0 fully saturated rings. The Morgan fingerprint density at radius 2 is 2.29 bits per heavy atom. The molecule has 24 heavy (non-hydrogen) atoms. The Labute approximate surface area is 145 Å². The van der Waals surface area contributed by atoms with Crippen molar-refractivity contribution in [2.45, 2.75) is 38.6 Å². The van der Waals surface area contributed by atoms with Crippen LogP contribution >= 0.6 is 11.3 Å². The number of hydrogen-bond donors (Lipinski definition) is 0. The lowest BCUT2D eigenvalue weighted by Gasteiger charge is -2.30. The van der Waals surface area contributed by atoms with Gasteiger partial charge in [0.1, 0.15) is 0 Å². The number of thiazole rings is 1. The molecule has 2 aromatic rings. The number of benzene rings is 1. The van der Waals surface area contributed by atoms with Crippen molar-refractivity contribution in [3.05, 3.63) is 45.2 Å². The minimum absolute atomic E-state index is 0.0107. The molecule has 1 amide bonds. The quantitative estimate of drug-likeness (QED) is 0.846. The van der Waals surface area contributed by atoms with Crippen molar-refractivity contribution in [1.82, 2.24) is 9.88 Å². The van der Waals surface area contributed by atoms with Gasteiger partial charge in [0.05, 0.1) is 35.2 Å². The Morgan fingerprint density at radius 3 is 3.00 bits per heavy atom. The number of hydrogen-bond acceptors (Lipinski definition) is 4. The number of carbonyl (C=O) groups is 1. The van der Waals surface area contributed by atoms with Crippen LogP contribution in [0.4, 0.5) is 4.39 Å². The first-order chi connectivity index (χ1) is 11.5. The molecule has 0 saturated carbocycles. The fraction of sp³-hybridized carbons (Fsp3) is 0.444. The summed E-state index contributed by atoms with van der Waals surface area (Å²) >= 11 is 1.68. The molecule has 1 aliphatic carbocycles. The summed E-state index contributed by atoms with van der Waals surface area (Å²) in [6, 6.07) is 4.74. The average Bonchev–Trinajstić information content (AvgIpc) is 2.94. The van der Waals surface area contributed by atoms with Gasteiger partial charge in [0.25, 0.3) is 0 Å². The van der Waals surface area contributed by atoms with Crippen molar-refractivity contribution in [3.8, 4) is 5.75 Å². The minimum Gasteiger partial charge on any atom is -0.494 e. The number of likely N-dealkylation sites (N-methyl/N-ethyl adjacent to an activating group) is 1. The molecule has 4 nitrogen and oxygen atoms in total. The third-order valence-electron chi connectivity index (χ3n) is 4.46. The van der Waals surface area contributed by atoms with Crippen molar-refractivity contribution in [3.63, 3.8) is 0 Å². The molecule has 1 aromatic carbocycles. The van der Waals surface area contributed by atoms with Gasteiger partial charge in [-0.3, -0.25) is 4.79 Å². The summed E-state index contributed by atoms with van der Waals surface area (Å²) in [5.41, 5.74) is 1.78. The van der Waals surface area contributed by atoms with Gasteiger partial charge >= 0.3 is 0 Å². The highest BCUT2D eigenvalue weighted by atomic mass is 32.1. The highest BCUT2D eigenvalue weighted by Crippen LogP contribution is 2.37. The number of rotatable bonds is 4. The number of ether oxygens (including phenoxy) is 1. The lowest BCUT2D eigenvalue weighted by Crippen LogP contribution is -2.33. The number of carbonyl (C=O) groups excluding carboxylic acids is 1. The van der Waals surface area contributed by atoms with Crippen LogP contribution in [0, 0.1) is 12.7 Å². The Hall–Kier alpha value is -1.95. The van der Waals surface area contributed by atoms with E-state index in [4.69, 9.17) is 4.74 Å². The molecule has 0 bridgehead atoms. The van der Waals surface area contributed by atoms with E-state index < -0.39 is 5.82 Å². The normalized spacial score (nSPS) is 16.6. The molecular weight excluding hydrogens is 327 g/mol. The van der Waals surface area contributed by atoms with E-state index in [1.807, 2.05) is 14.0 Å². The van der Waals surface area contributed by atoms with Crippen LogP contribution < -0.4 is 4.74 Å². The SMILES string of the molecule is COc1ccc(CC(=O)N(C)[C@H]2CCCc3nc(C)sc32)cc1F. The molecule has 6 heteroatoms. The summed E-state index contributed by atoms with van der Waals surface area (Å²) in [6.07, 6.45) is 3.16. The van der Waals surface area contributed by atoms with Gasteiger partial charge < -0.3 is 9.64 Å². The van der Waals surface area contributed by atoms with Crippen LogP contribution in [0.2, 0.25) is 0 Å². The first kappa shape index (κ1) is 16.9. The molecule has 3 rings (SSSR count). The van der Waals surface area contributed by atoms with Crippen LogP contribution in [0.3, 0.4) is 0 Å². The van der Waals surface area contributed by atoms with E-state index in [1.54, 1.807) is 28.4 Å². The van der Waals surface area contributed by atoms with Crippen LogP contribution in [-0.4, -0.2) is 29.9 Å². The van der Waals surface area contributed by atoms with Crippen molar-refractivity contribution < 1.29 is 13.9 Å².